The van der Waals surface area contributed by atoms with Gasteiger partial charge in [-0.05, 0) is 46.8 Å². The van der Waals surface area contributed by atoms with E-state index >= 15 is 0 Å². The molecule has 0 amide bonds. The van der Waals surface area contributed by atoms with Gasteiger partial charge in [-0.1, -0.05) is 0 Å². The Morgan fingerprint density at radius 2 is 1.62 bits per heavy atom. The molecule has 0 N–H and O–H groups in total. The third-order valence-corrected chi connectivity index (χ3v) is 4.93. The summed E-state index contributed by atoms with van der Waals surface area (Å²) in [5, 5.41) is 0.266. The molecule has 2 heterocycles. The van der Waals surface area contributed by atoms with Gasteiger partial charge in [0.05, 0.1) is 23.1 Å². The van der Waals surface area contributed by atoms with E-state index in [9.17, 15) is 0 Å². The molecular formula is C12H22O3S. The summed E-state index contributed by atoms with van der Waals surface area (Å²) in [4.78, 5) is 0. The predicted molar refractivity (Wildman–Crippen MR) is 65.5 cm³/mol. The van der Waals surface area contributed by atoms with E-state index in [4.69, 9.17) is 14.2 Å². The Morgan fingerprint density at radius 3 is 2.12 bits per heavy atom. The van der Waals surface area contributed by atoms with Crippen molar-refractivity contribution in [2.45, 2.75) is 63.0 Å². The predicted octanol–water partition coefficient (Wildman–Crippen LogP) is 2.79. The molecule has 2 rings (SSSR count). The molecule has 2 aliphatic rings. The summed E-state index contributed by atoms with van der Waals surface area (Å²) < 4.78 is 18.1. The second-order valence-electron chi connectivity index (χ2n) is 5.54. The molecule has 1 spiro atoms. The quantitative estimate of drug-likeness (QED) is 0.711. The van der Waals surface area contributed by atoms with Crippen molar-refractivity contribution in [2.24, 2.45) is 0 Å². The van der Waals surface area contributed by atoms with Crippen LogP contribution in [-0.4, -0.2) is 35.3 Å². The zero-order chi connectivity index (χ0) is 12.0. The van der Waals surface area contributed by atoms with E-state index in [2.05, 4.69) is 34.0 Å². The maximum atomic E-state index is 6.13. The molecule has 0 aromatic rings. The lowest BCUT2D eigenvalue weighted by atomic mass is 9.90. The lowest BCUT2D eigenvalue weighted by Gasteiger charge is -2.38. The van der Waals surface area contributed by atoms with Crippen molar-refractivity contribution >= 4 is 11.8 Å². The number of hydrogen-bond acceptors (Lipinski definition) is 4. The van der Waals surface area contributed by atoms with Crippen molar-refractivity contribution in [3.05, 3.63) is 0 Å². The van der Waals surface area contributed by atoms with Crippen LogP contribution < -0.4 is 0 Å². The van der Waals surface area contributed by atoms with Crippen LogP contribution in [0.15, 0.2) is 0 Å². The van der Waals surface area contributed by atoms with Crippen molar-refractivity contribution in [3.8, 4) is 0 Å². The standard InChI is InChI=1S/C12H22O3S/c1-10(2)11(3,4)15-12(14-10)9(16-5)7-6-8-13-12/h9H,6-8H2,1-5H3. The van der Waals surface area contributed by atoms with E-state index in [0.717, 1.165) is 19.4 Å². The van der Waals surface area contributed by atoms with Gasteiger partial charge in [0.1, 0.15) is 0 Å². The highest BCUT2D eigenvalue weighted by Crippen LogP contribution is 2.50. The lowest BCUT2D eigenvalue weighted by molar-refractivity contribution is -0.360. The van der Waals surface area contributed by atoms with Gasteiger partial charge in [0.25, 0.3) is 5.97 Å². The molecule has 2 fully saturated rings. The first-order valence-corrected chi connectivity index (χ1v) is 7.19. The fraction of sp³-hybridized carbons (Fsp3) is 1.00. The Morgan fingerprint density at radius 1 is 1.06 bits per heavy atom. The molecule has 0 aromatic carbocycles. The Hall–Kier alpha value is 0.230. The largest absolute Gasteiger partial charge is 0.327 e. The van der Waals surface area contributed by atoms with Gasteiger partial charge >= 0.3 is 0 Å². The van der Waals surface area contributed by atoms with Crippen molar-refractivity contribution in [3.63, 3.8) is 0 Å². The average Bonchev–Trinajstić information content (AvgIpc) is 2.33. The summed E-state index contributed by atoms with van der Waals surface area (Å²) in [6.45, 7) is 8.99. The lowest BCUT2D eigenvalue weighted by Crippen LogP contribution is -2.49. The van der Waals surface area contributed by atoms with Gasteiger partial charge in [0.2, 0.25) is 0 Å². The van der Waals surface area contributed by atoms with Crippen LogP contribution in [0, 0.1) is 0 Å². The average molecular weight is 246 g/mol. The van der Waals surface area contributed by atoms with Gasteiger partial charge in [-0.3, -0.25) is 0 Å². The molecule has 16 heavy (non-hydrogen) atoms. The highest BCUT2D eigenvalue weighted by molar-refractivity contribution is 7.99. The molecule has 3 nitrogen and oxygen atoms in total. The number of thioether (sulfide) groups is 1. The first kappa shape index (κ1) is 12.7. The minimum atomic E-state index is -0.829. The van der Waals surface area contributed by atoms with Crippen LogP contribution in [-0.2, 0) is 14.2 Å². The van der Waals surface area contributed by atoms with Crippen LogP contribution in [0.25, 0.3) is 0 Å². The molecule has 0 aromatic heterocycles. The molecule has 0 aliphatic carbocycles. The number of rotatable bonds is 1. The number of ether oxygens (including phenoxy) is 3. The first-order valence-electron chi connectivity index (χ1n) is 5.90. The summed E-state index contributed by atoms with van der Waals surface area (Å²) in [5.74, 6) is -0.829. The highest BCUT2D eigenvalue weighted by Gasteiger charge is 2.62. The topological polar surface area (TPSA) is 27.7 Å². The summed E-state index contributed by atoms with van der Waals surface area (Å²) >= 11 is 1.77. The zero-order valence-electron chi connectivity index (χ0n) is 10.8. The molecule has 94 valence electrons. The van der Waals surface area contributed by atoms with Crippen LogP contribution in [0.2, 0.25) is 0 Å². The summed E-state index contributed by atoms with van der Waals surface area (Å²) in [6, 6.07) is 0. The Balaban J connectivity index is 2.27. The highest BCUT2D eigenvalue weighted by atomic mass is 32.2. The third kappa shape index (κ3) is 1.80. The molecule has 0 saturated carbocycles. The minimum Gasteiger partial charge on any atom is -0.327 e. The first-order chi connectivity index (χ1) is 7.33. The normalized spacial score (nSPS) is 35.4. The molecule has 2 saturated heterocycles. The maximum Gasteiger partial charge on any atom is 0.296 e. The van der Waals surface area contributed by atoms with Crippen molar-refractivity contribution in [1.82, 2.24) is 0 Å². The van der Waals surface area contributed by atoms with Crippen LogP contribution in [0.5, 0.6) is 0 Å². The van der Waals surface area contributed by atoms with E-state index in [-0.39, 0.29) is 16.5 Å². The second-order valence-corrected chi connectivity index (χ2v) is 6.58. The van der Waals surface area contributed by atoms with E-state index < -0.39 is 5.97 Å². The molecule has 4 heteroatoms. The van der Waals surface area contributed by atoms with Crippen LogP contribution in [0.4, 0.5) is 0 Å². The van der Waals surface area contributed by atoms with Crippen LogP contribution in [0.1, 0.15) is 40.5 Å². The molecule has 2 aliphatic heterocycles. The van der Waals surface area contributed by atoms with Gasteiger partial charge in [0, 0.05) is 0 Å². The summed E-state index contributed by atoms with van der Waals surface area (Å²) in [6.07, 6.45) is 4.26. The molecule has 1 unspecified atom stereocenters. The zero-order valence-corrected chi connectivity index (χ0v) is 11.6. The summed E-state index contributed by atoms with van der Waals surface area (Å²) in [5.41, 5.74) is -0.642. The van der Waals surface area contributed by atoms with Crippen molar-refractivity contribution in [1.29, 1.82) is 0 Å². The van der Waals surface area contributed by atoms with E-state index in [1.165, 1.54) is 0 Å². The summed E-state index contributed by atoms with van der Waals surface area (Å²) in [7, 11) is 0. The Labute approximate surface area is 102 Å². The van der Waals surface area contributed by atoms with Crippen LogP contribution in [0.3, 0.4) is 0 Å². The van der Waals surface area contributed by atoms with E-state index in [1.54, 1.807) is 11.8 Å². The van der Waals surface area contributed by atoms with Gasteiger partial charge < -0.3 is 14.2 Å². The molecule has 0 radical (unpaired) electrons. The van der Waals surface area contributed by atoms with Gasteiger partial charge in [-0.15, -0.1) is 0 Å². The van der Waals surface area contributed by atoms with Gasteiger partial charge in [-0.2, -0.15) is 11.8 Å². The Kier molecular flexibility index (Phi) is 3.07. The maximum absolute atomic E-state index is 6.13. The fourth-order valence-corrected chi connectivity index (χ4v) is 3.04. The van der Waals surface area contributed by atoms with Crippen molar-refractivity contribution in [2.75, 3.05) is 12.9 Å². The Bertz CT molecular complexity index is 259. The smallest absolute Gasteiger partial charge is 0.296 e. The molecule has 0 bridgehead atoms. The molecular weight excluding hydrogens is 224 g/mol. The monoisotopic (exact) mass is 246 g/mol. The fourth-order valence-electron chi connectivity index (χ4n) is 2.18. The molecule has 1 atom stereocenters. The van der Waals surface area contributed by atoms with E-state index in [0.29, 0.717) is 0 Å². The van der Waals surface area contributed by atoms with Gasteiger partial charge in [-0.25, -0.2) is 0 Å². The van der Waals surface area contributed by atoms with E-state index in [1.807, 2.05) is 0 Å². The van der Waals surface area contributed by atoms with Crippen molar-refractivity contribution < 1.29 is 14.2 Å². The third-order valence-electron chi connectivity index (χ3n) is 3.84. The second kappa shape index (κ2) is 3.87. The van der Waals surface area contributed by atoms with Gasteiger partial charge in [0.15, 0.2) is 0 Å². The van der Waals surface area contributed by atoms with Crippen LogP contribution >= 0.6 is 11.8 Å². The minimum absolute atomic E-state index is 0.266. The number of hydrogen-bond donors (Lipinski definition) is 0. The SMILES string of the molecule is CSC1CCCOC12OC(C)(C)C(C)(C)O2.